The Hall–Kier alpha value is -1.43. The van der Waals surface area contributed by atoms with Crippen LogP contribution in [0.2, 0.25) is 0 Å². The van der Waals surface area contributed by atoms with E-state index in [9.17, 15) is 4.79 Å². The van der Waals surface area contributed by atoms with Gasteiger partial charge in [-0.3, -0.25) is 9.69 Å². The van der Waals surface area contributed by atoms with Gasteiger partial charge in [0.2, 0.25) is 11.8 Å². The van der Waals surface area contributed by atoms with Crippen LogP contribution in [0.3, 0.4) is 0 Å². The molecule has 1 aromatic rings. The van der Waals surface area contributed by atoms with Crippen molar-refractivity contribution in [3.8, 4) is 0 Å². The van der Waals surface area contributed by atoms with Crippen LogP contribution in [-0.4, -0.2) is 33.5 Å². The molecule has 1 aliphatic carbocycles. The van der Waals surface area contributed by atoms with Gasteiger partial charge >= 0.3 is 0 Å². The Morgan fingerprint density at radius 3 is 2.68 bits per heavy atom. The number of hydrogen-bond donors (Lipinski definition) is 1. The third kappa shape index (κ3) is 3.02. The van der Waals surface area contributed by atoms with Gasteiger partial charge in [0.1, 0.15) is 0 Å². The first-order chi connectivity index (χ1) is 10.5. The van der Waals surface area contributed by atoms with Crippen molar-refractivity contribution in [2.24, 2.45) is 0 Å². The molecule has 1 amide bonds. The van der Waals surface area contributed by atoms with Gasteiger partial charge in [0, 0.05) is 13.0 Å². The average molecular weight is 306 g/mol. The van der Waals surface area contributed by atoms with Gasteiger partial charge in [0.25, 0.3) is 0 Å². The van der Waals surface area contributed by atoms with Gasteiger partial charge in [-0.15, -0.1) is 0 Å². The quantitative estimate of drug-likeness (QED) is 0.925. The van der Waals surface area contributed by atoms with E-state index in [0.29, 0.717) is 17.8 Å². The number of carbonyl (C=O) groups excluding carboxylic acids is 1. The van der Waals surface area contributed by atoms with Crippen LogP contribution in [0.4, 0.5) is 0 Å². The van der Waals surface area contributed by atoms with Gasteiger partial charge in [-0.2, -0.15) is 4.98 Å². The lowest BCUT2D eigenvalue weighted by Crippen LogP contribution is -2.40. The first kappa shape index (κ1) is 15.5. The summed E-state index contributed by atoms with van der Waals surface area (Å²) in [7, 11) is 0. The second-order valence-electron chi connectivity index (χ2n) is 7.10. The molecule has 0 aromatic carbocycles. The minimum absolute atomic E-state index is 0.0928. The predicted molar refractivity (Wildman–Crippen MR) is 82.1 cm³/mol. The zero-order valence-corrected chi connectivity index (χ0v) is 13.8. The molecule has 1 saturated heterocycles. The molecule has 0 bridgehead atoms. The maximum atomic E-state index is 11.3. The summed E-state index contributed by atoms with van der Waals surface area (Å²) in [4.78, 5) is 18.5. The number of nitrogens with one attached hydrogen (secondary N) is 1. The summed E-state index contributed by atoms with van der Waals surface area (Å²) < 4.78 is 5.55. The summed E-state index contributed by atoms with van der Waals surface area (Å²) in [5, 5.41) is 6.99. The van der Waals surface area contributed by atoms with Crippen molar-refractivity contribution < 1.29 is 9.32 Å². The zero-order valence-electron chi connectivity index (χ0n) is 13.8. The molecule has 1 saturated carbocycles. The van der Waals surface area contributed by atoms with E-state index >= 15 is 0 Å². The standard InChI is InChI=1S/C16H26N4O2/c1-11(21)18-16(2,3)15-17-14(22-19-15)13-9-6-10-20(13)12-7-4-5-8-12/h12-13H,4-10H2,1-3H3,(H,18,21). The molecule has 2 heterocycles. The molecule has 22 heavy (non-hydrogen) atoms. The monoisotopic (exact) mass is 306 g/mol. The summed E-state index contributed by atoms with van der Waals surface area (Å²) in [6.45, 7) is 6.42. The van der Waals surface area contributed by atoms with Crippen molar-refractivity contribution >= 4 is 5.91 Å². The maximum absolute atomic E-state index is 11.3. The Bertz CT molecular complexity index is 534. The Kier molecular flexibility index (Phi) is 4.21. The summed E-state index contributed by atoms with van der Waals surface area (Å²) in [5.41, 5.74) is -0.607. The molecule has 1 unspecified atom stereocenters. The number of amides is 1. The number of aromatic nitrogens is 2. The van der Waals surface area contributed by atoms with Gasteiger partial charge in [-0.05, 0) is 46.1 Å². The molecule has 0 spiro atoms. The van der Waals surface area contributed by atoms with Crippen LogP contribution in [0.25, 0.3) is 0 Å². The Morgan fingerprint density at radius 2 is 2.00 bits per heavy atom. The first-order valence-corrected chi connectivity index (χ1v) is 8.36. The number of nitrogens with zero attached hydrogens (tertiary/aromatic N) is 3. The van der Waals surface area contributed by atoms with Crippen LogP contribution in [-0.2, 0) is 10.3 Å². The minimum Gasteiger partial charge on any atom is -0.344 e. The highest BCUT2D eigenvalue weighted by Crippen LogP contribution is 2.37. The molecule has 122 valence electrons. The van der Waals surface area contributed by atoms with Gasteiger partial charge in [-0.1, -0.05) is 18.0 Å². The van der Waals surface area contributed by atoms with Crippen molar-refractivity contribution in [2.75, 3.05) is 6.54 Å². The van der Waals surface area contributed by atoms with Gasteiger partial charge in [0.05, 0.1) is 11.6 Å². The van der Waals surface area contributed by atoms with E-state index in [1.165, 1.54) is 39.0 Å². The van der Waals surface area contributed by atoms with E-state index in [1.54, 1.807) is 0 Å². The zero-order chi connectivity index (χ0) is 15.7. The van der Waals surface area contributed by atoms with Crippen LogP contribution in [0.5, 0.6) is 0 Å². The molecule has 1 aliphatic heterocycles. The molecule has 1 atom stereocenters. The largest absolute Gasteiger partial charge is 0.344 e. The minimum atomic E-state index is -0.607. The number of carbonyl (C=O) groups is 1. The fraction of sp³-hybridized carbons (Fsp3) is 0.812. The predicted octanol–water partition coefficient (Wildman–Crippen LogP) is 2.52. The van der Waals surface area contributed by atoms with Crippen LogP contribution in [0, 0.1) is 0 Å². The van der Waals surface area contributed by atoms with Crippen LogP contribution >= 0.6 is 0 Å². The van der Waals surface area contributed by atoms with Crippen molar-refractivity contribution in [1.29, 1.82) is 0 Å². The van der Waals surface area contributed by atoms with E-state index in [1.807, 2.05) is 13.8 Å². The van der Waals surface area contributed by atoms with Crippen molar-refractivity contribution in [3.63, 3.8) is 0 Å². The maximum Gasteiger partial charge on any atom is 0.244 e. The highest BCUT2D eigenvalue weighted by atomic mass is 16.5. The number of hydrogen-bond acceptors (Lipinski definition) is 5. The fourth-order valence-corrected chi connectivity index (χ4v) is 3.85. The summed E-state index contributed by atoms with van der Waals surface area (Å²) in [5.74, 6) is 1.17. The topological polar surface area (TPSA) is 71.3 Å². The van der Waals surface area contributed by atoms with Gasteiger partial charge in [-0.25, -0.2) is 0 Å². The second-order valence-corrected chi connectivity index (χ2v) is 7.10. The van der Waals surface area contributed by atoms with E-state index in [2.05, 4.69) is 20.4 Å². The smallest absolute Gasteiger partial charge is 0.244 e. The van der Waals surface area contributed by atoms with Crippen LogP contribution < -0.4 is 5.32 Å². The molecule has 2 aliphatic rings. The highest BCUT2D eigenvalue weighted by molar-refractivity contribution is 5.73. The lowest BCUT2D eigenvalue weighted by molar-refractivity contribution is -0.120. The molecular weight excluding hydrogens is 280 g/mol. The second kappa shape index (κ2) is 5.99. The Labute approximate surface area is 131 Å². The molecule has 6 nitrogen and oxygen atoms in total. The number of likely N-dealkylation sites (tertiary alicyclic amines) is 1. The van der Waals surface area contributed by atoms with Crippen LogP contribution in [0.15, 0.2) is 4.52 Å². The summed E-state index contributed by atoms with van der Waals surface area (Å²) in [6, 6.07) is 0.920. The SMILES string of the molecule is CC(=O)NC(C)(C)c1noc(C2CCCN2C2CCCC2)n1. The van der Waals surface area contributed by atoms with E-state index < -0.39 is 5.54 Å². The molecule has 2 fully saturated rings. The van der Waals surface area contributed by atoms with Gasteiger partial charge in [0.15, 0.2) is 5.82 Å². The lowest BCUT2D eigenvalue weighted by Gasteiger charge is -2.28. The normalized spacial score (nSPS) is 24.0. The van der Waals surface area contributed by atoms with Crippen molar-refractivity contribution in [1.82, 2.24) is 20.4 Å². The lowest BCUT2D eigenvalue weighted by atomic mass is 10.1. The molecule has 3 rings (SSSR count). The summed E-state index contributed by atoms with van der Waals surface area (Å²) in [6.07, 6.45) is 7.51. The third-order valence-electron chi connectivity index (χ3n) is 4.86. The molecule has 1 aromatic heterocycles. The van der Waals surface area contributed by atoms with Crippen LogP contribution in [0.1, 0.15) is 77.1 Å². The highest BCUT2D eigenvalue weighted by Gasteiger charge is 2.37. The molecule has 1 N–H and O–H groups in total. The average Bonchev–Trinajstić information content (AvgIpc) is 3.18. The summed E-state index contributed by atoms with van der Waals surface area (Å²) >= 11 is 0. The van der Waals surface area contributed by atoms with E-state index in [-0.39, 0.29) is 11.9 Å². The molecule has 0 radical (unpaired) electrons. The molecular formula is C16H26N4O2. The fourth-order valence-electron chi connectivity index (χ4n) is 3.85. The Morgan fingerprint density at radius 1 is 1.27 bits per heavy atom. The first-order valence-electron chi connectivity index (χ1n) is 8.36. The van der Waals surface area contributed by atoms with Crippen molar-refractivity contribution in [2.45, 2.75) is 76.9 Å². The van der Waals surface area contributed by atoms with E-state index in [0.717, 1.165) is 13.0 Å². The van der Waals surface area contributed by atoms with Crippen molar-refractivity contribution in [3.05, 3.63) is 11.7 Å². The Balaban J connectivity index is 1.76. The molecule has 6 heteroatoms. The van der Waals surface area contributed by atoms with Gasteiger partial charge < -0.3 is 9.84 Å². The third-order valence-corrected chi connectivity index (χ3v) is 4.86. The van der Waals surface area contributed by atoms with E-state index in [4.69, 9.17) is 4.52 Å². The number of rotatable bonds is 4.